The van der Waals surface area contributed by atoms with Crippen molar-refractivity contribution in [3.63, 3.8) is 0 Å². The number of halogens is 1. The van der Waals surface area contributed by atoms with Crippen LogP contribution in [0.15, 0.2) is 76.7 Å². The van der Waals surface area contributed by atoms with E-state index in [0.717, 1.165) is 22.4 Å². The van der Waals surface area contributed by atoms with Crippen LogP contribution in [0, 0.1) is 19.7 Å². The van der Waals surface area contributed by atoms with E-state index < -0.39 is 0 Å². The van der Waals surface area contributed by atoms with Crippen molar-refractivity contribution in [1.82, 2.24) is 9.55 Å². The van der Waals surface area contributed by atoms with Gasteiger partial charge in [0.25, 0.3) is 5.56 Å². The molecule has 0 aliphatic carbocycles. The summed E-state index contributed by atoms with van der Waals surface area (Å²) in [6.45, 7) is 4.00. The lowest BCUT2D eigenvalue weighted by molar-refractivity contribution is 0.627. The van der Waals surface area contributed by atoms with Gasteiger partial charge in [0.05, 0.1) is 16.6 Å². The molecule has 0 N–H and O–H groups in total. The van der Waals surface area contributed by atoms with Crippen LogP contribution in [0.4, 0.5) is 4.39 Å². The third kappa shape index (κ3) is 3.45. The van der Waals surface area contributed by atoms with Crippen LogP contribution in [0.3, 0.4) is 0 Å². The van der Waals surface area contributed by atoms with E-state index in [2.05, 4.69) is 0 Å². The second kappa shape index (κ2) is 7.60. The number of hydrogen-bond donors (Lipinski definition) is 0. The Bertz CT molecular complexity index is 1200. The largest absolute Gasteiger partial charge is 0.268 e. The molecule has 0 bridgehead atoms. The van der Waals surface area contributed by atoms with E-state index >= 15 is 0 Å². The van der Waals surface area contributed by atoms with Crippen LogP contribution in [0.5, 0.6) is 0 Å². The number of aryl methyl sites for hydroxylation is 2. The highest BCUT2D eigenvalue weighted by molar-refractivity contribution is 7.98. The maximum atomic E-state index is 13.4. The van der Waals surface area contributed by atoms with Crippen molar-refractivity contribution in [2.75, 3.05) is 0 Å². The Morgan fingerprint density at radius 3 is 2.32 bits per heavy atom. The minimum atomic E-state index is -0.259. The Kier molecular flexibility index (Phi) is 5.01. The first-order valence-corrected chi connectivity index (χ1v) is 9.99. The SMILES string of the molecule is Cc1cccc(C)c1-n1c(SCc2ccc(F)cc2)nc2ccccc2c1=O. The van der Waals surface area contributed by atoms with Crippen LogP contribution in [0.25, 0.3) is 16.6 Å². The quantitative estimate of drug-likeness (QED) is 0.344. The molecular formula is C23H19FN2OS. The molecule has 1 aromatic heterocycles. The average Bonchev–Trinajstić information content (AvgIpc) is 2.69. The monoisotopic (exact) mass is 390 g/mol. The van der Waals surface area contributed by atoms with Crippen molar-refractivity contribution in [2.45, 2.75) is 24.8 Å². The van der Waals surface area contributed by atoms with Crippen molar-refractivity contribution in [3.8, 4) is 5.69 Å². The van der Waals surface area contributed by atoms with Crippen LogP contribution < -0.4 is 5.56 Å². The molecule has 0 amide bonds. The van der Waals surface area contributed by atoms with Gasteiger partial charge in [-0.15, -0.1) is 0 Å². The third-order valence-corrected chi connectivity index (χ3v) is 5.70. The van der Waals surface area contributed by atoms with Crippen LogP contribution in [-0.4, -0.2) is 9.55 Å². The van der Waals surface area contributed by atoms with Gasteiger partial charge in [-0.2, -0.15) is 0 Å². The Balaban J connectivity index is 1.88. The van der Waals surface area contributed by atoms with Crippen LogP contribution in [0.1, 0.15) is 16.7 Å². The van der Waals surface area contributed by atoms with Gasteiger partial charge >= 0.3 is 0 Å². The molecular weight excluding hydrogens is 371 g/mol. The Morgan fingerprint density at radius 1 is 0.929 bits per heavy atom. The molecule has 0 saturated carbocycles. The lowest BCUT2D eigenvalue weighted by Gasteiger charge is -2.17. The summed E-state index contributed by atoms with van der Waals surface area (Å²) in [6.07, 6.45) is 0. The number of aromatic nitrogens is 2. The van der Waals surface area contributed by atoms with E-state index in [4.69, 9.17) is 4.98 Å². The van der Waals surface area contributed by atoms with E-state index in [1.165, 1.54) is 23.9 Å². The number of nitrogens with zero attached hydrogens (tertiary/aromatic N) is 2. The Hall–Kier alpha value is -2.92. The lowest BCUT2D eigenvalue weighted by Crippen LogP contribution is -2.23. The highest BCUT2D eigenvalue weighted by Crippen LogP contribution is 2.27. The molecule has 5 heteroatoms. The van der Waals surface area contributed by atoms with E-state index in [1.54, 1.807) is 16.7 Å². The summed E-state index contributed by atoms with van der Waals surface area (Å²) in [7, 11) is 0. The first-order valence-electron chi connectivity index (χ1n) is 9.00. The van der Waals surface area contributed by atoms with Gasteiger partial charge in [-0.05, 0) is 54.8 Å². The summed E-state index contributed by atoms with van der Waals surface area (Å²) < 4.78 is 14.9. The van der Waals surface area contributed by atoms with Gasteiger partial charge in [-0.3, -0.25) is 9.36 Å². The summed E-state index contributed by atoms with van der Waals surface area (Å²) >= 11 is 1.48. The molecule has 0 spiro atoms. The van der Waals surface area contributed by atoms with E-state index in [9.17, 15) is 9.18 Å². The molecule has 1 heterocycles. The van der Waals surface area contributed by atoms with Crippen LogP contribution >= 0.6 is 11.8 Å². The van der Waals surface area contributed by atoms with Gasteiger partial charge in [0.1, 0.15) is 5.82 Å². The molecule has 0 saturated heterocycles. The summed E-state index contributed by atoms with van der Waals surface area (Å²) in [5.74, 6) is 0.334. The predicted molar refractivity (Wildman–Crippen MR) is 113 cm³/mol. The average molecular weight is 390 g/mol. The van der Waals surface area contributed by atoms with Crippen molar-refractivity contribution < 1.29 is 4.39 Å². The summed E-state index contributed by atoms with van der Waals surface area (Å²) in [5, 5.41) is 1.22. The molecule has 140 valence electrons. The minimum absolute atomic E-state index is 0.0791. The summed E-state index contributed by atoms with van der Waals surface area (Å²) in [5.41, 5.74) is 4.47. The van der Waals surface area contributed by atoms with Crippen molar-refractivity contribution in [3.05, 3.63) is 99.6 Å². The molecule has 3 aromatic carbocycles. The number of hydrogen-bond acceptors (Lipinski definition) is 3. The standard InChI is InChI=1S/C23H19FN2OS/c1-15-6-5-7-16(2)21(15)26-22(27)19-8-3-4-9-20(19)25-23(26)28-14-17-10-12-18(24)13-11-17/h3-13H,14H2,1-2H3. The van der Waals surface area contributed by atoms with Gasteiger partial charge in [0, 0.05) is 5.75 Å². The zero-order chi connectivity index (χ0) is 19.7. The molecule has 0 aliphatic rings. The van der Waals surface area contributed by atoms with Crippen LogP contribution in [0.2, 0.25) is 0 Å². The third-order valence-electron chi connectivity index (χ3n) is 4.69. The maximum absolute atomic E-state index is 13.4. The Labute approximate surface area is 166 Å². The molecule has 4 rings (SSSR count). The number of benzene rings is 3. The predicted octanol–water partition coefficient (Wildman–Crippen LogP) is 5.43. The zero-order valence-corrected chi connectivity index (χ0v) is 16.5. The number of fused-ring (bicyclic) bond motifs is 1. The normalized spacial score (nSPS) is 11.1. The fourth-order valence-corrected chi connectivity index (χ4v) is 4.25. The molecule has 0 fully saturated rings. The molecule has 0 unspecified atom stereocenters. The highest BCUT2D eigenvalue weighted by Gasteiger charge is 2.16. The van der Waals surface area contributed by atoms with E-state index in [1.807, 2.05) is 56.3 Å². The fourth-order valence-electron chi connectivity index (χ4n) is 3.29. The molecule has 0 atom stereocenters. The zero-order valence-electron chi connectivity index (χ0n) is 15.6. The van der Waals surface area contributed by atoms with Gasteiger partial charge in [0.15, 0.2) is 5.16 Å². The van der Waals surface area contributed by atoms with Crippen LogP contribution in [-0.2, 0) is 5.75 Å². The fraction of sp³-hybridized carbons (Fsp3) is 0.130. The first kappa shape index (κ1) is 18.4. The van der Waals surface area contributed by atoms with E-state index in [-0.39, 0.29) is 11.4 Å². The minimum Gasteiger partial charge on any atom is -0.268 e. The van der Waals surface area contributed by atoms with Crippen molar-refractivity contribution in [1.29, 1.82) is 0 Å². The number of rotatable bonds is 4. The van der Waals surface area contributed by atoms with E-state index in [0.29, 0.717) is 21.8 Å². The molecule has 3 nitrogen and oxygen atoms in total. The smallest absolute Gasteiger partial charge is 0.266 e. The second-order valence-corrected chi connectivity index (χ2v) is 7.65. The highest BCUT2D eigenvalue weighted by atomic mass is 32.2. The topological polar surface area (TPSA) is 34.9 Å². The molecule has 4 aromatic rings. The lowest BCUT2D eigenvalue weighted by atomic mass is 10.1. The van der Waals surface area contributed by atoms with Crippen molar-refractivity contribution in [2.24, 2.45) is 0 Å². The molecule has 28 heavy (non-hydrogen) atoms. The molecule has 0 radical (unpaired) electrons. The molecule has 0 aliphatic heterocycles. The second-order valence-electron chi connectivity index (χ2n) is 6.71. The van der Waals surface area contributed by atoms with Crippen molar-refractivity contribution >= 4 is 22.7 Å². The van der Waals surface area contributed by atoms with Gasteiger partial charge in [-0.1, -0.05) is 54.2 Å². The number of para-hydroxylation sites is 2. The first-order chi connectivity index (χ1) is 13.5. The van der Waals surface area contributed by atoms with Gasteiger partial charge in [0.2, 0.25) is 0 Å². The van der Waals surface area contributed by atoms with Gasteiger partial charge < -0.3 is 0 Å². The Morgan fingerprint density at radius 2 is 1.61 bits per heavy atom. The summed E-state index contributed by atoms with van der Waals surface area (Å²) in [6, 6.07) is 19.8. The number of thioether (sulfide) groups is 1. The maximum Gasteiger partial charge on any atom is 0.266 e. The summed E-state index contributed by atoms with van der Waals surface area (Å²) in [4.78, 5) is 18.1. The van der Waals surface area contributed by atoms with Gasteiger partial charge in [-0.25, -0.2) is 9.37 Å².